The van der Waals surface area contributed by atoms with Gasteiger partial charge in [-0.25, -0.2) is 0 Å². The maximum Gasteiger partial charge on any atom is 0.120 e. The smallest absolute Gasteiger partial charge is 0.120 e. The number of likely N-dealkylation sites (tertiary alicyclic amines) is 1. The molecule has 1 aromatic rings. The molecule has 120 valence electrons. The Morgan fingerprint density at radius 1 is 1.38 bits per heavy atom. The molecule has 1 aliphatic rings. The van der Waals surface area contributed by atoms with E-state index in [0.717, 1.165) is 37.1 Å². The second-order valence-electron chi connectivity index (χ2n) is 6.54. The molecular weight excluding hydrogens is 262 g/mol. The van der Waals surface area contributed by atoms with Gasteiger partial charge in [-0.3, -0.25) is 4.90 Å². The molecule has 0 amide bonds. The molecule has 4 nitrogen and oxygen atoms in total. The second kappa shape index (κ2) is 7.97. The molecule has 0 spiro atoms. The molecule has 1 N–H and O–H groups in total. The first-order valence-corrected chi connectivity index (χ1v) is 8.24. The predicted octanol–water partition coefficient (Wildman–Crippen LogP) is 2.47. The Morgan fingerprint density at radius 3 is 2.76 bits per heavy atom. The monoisotopic (exact) mass is 293 g/mol. The maximum absolute atomic E-state index is 5.98. The van der Waals surface area contributed by atoms with Gasteiger partial charge in [-0.15, -0.1) is 0 Å². The lowest BCUT2D eigenvalue weighted by Gasteiger charge is -2.31. The van der Waals surface area contributed by atoms with Crippen LogP contribution < -0.4 is 5.32 Å². The summed E-state index contributed by atoms with van der Waals surface area (Å²) >= 11 is 0. The van der Waals surface area contributed by atoms with Crippen molar-refractivity contribution in [3.05, 3.63) is 23.2 Å². The summed E-state index contributed by atoms with van der Waals surface area (Å²) in [6, 6.07) is 2.19. The summed E-state index contributed by atoms with van der Waals surface area (Å²) in [6.45, 7) is 10.6. The molecule has 0 aliphatic carbocycles. The van der Waals surface area contributed by atoms with E-state index in [1.165, 1.54) is 38.0 Å². The molecule has 21 heavy (non-hydrogen) atoms. The van der Waals surface area contributed by atoms with E-state index in [4.69, 9.17) is 4.42 Å². The van der Waals surface area contributed by atoms with Gasteiger partial charge < -0.3 is 14.6 Å². The number of rotatable bonds is 7. The lowest BCUT2D eigenvalue weighted by Crippen LogP contribution is -2.35. The molecule has 2 rings (SSSR count). The van der Waals surface area contributed by atoms with Gasteiger partial charge in [-0.2, -0.15) is 0 Å². The van der Waals surface area contributed by atoms with Crippen LogP contribution in [0, 0.1) is 12.8 Å². The molecule has 4 heteroatoms. The summed E-state index contributed by atoms with van der Waals surface area (Å²) in [5, 5.41) is 3.33. The van der Waals surface area contributed by atoms with Crippen LogP contribution in [0.2, 0.25) is 0 Å². The van der Waals surface area contributed by atoms with E-state index in [1.807, 2.05) is 0 Å². The van der Waals surface area contributed by atoms with Gasteiger partial charge >= 0.3 is 0 Å². The van der Waals surface area contributed by atoms with E-state index in [-0.39, 0.29) is 0 Å². The average Bonchev–Trinajstić information content (AvgIpc) is 2.79. The van der Waals surface area contributed by atoms with Crippen LogP contribution in [0.4, 0.5) is 0 Å². The van der Waals surface area contributed by atoms with Crippen molar-refractivity contribution in [2.24, 2.45) is 5.92 Å². The normalized spacial score (nSPS) is 17.8. The topological polar surface area (TPSA) is 31.7 Å². The van der Waals surface area contributed by atoms with Crippen molar-refractivity contribution < 1.29 is 4.42 Å². The fourth-order valence-electron chi connectivity index (χ4n) is 3.10. The van der Waals surface area contributed by atoms with Gasteiger partial charge in [0.2, 0.25) is 0 Å². The van der Waals surface area contributed by atoms with Crippen molar-refractivity contribution >= 4 is 0 Å². The fourth-order valence-corrected chi connectivity index (χ4v) is 3.10. The van der Waals surface area contributed by atoms with Gasteiger partial charge in [-0.1, -0.05) is 6.92 Å². The van der Waals surface area contributed by atoms with Gasteiger partial charge in [0.15, 0.2) is 0 Å². The van der Waals surface area contributed by atoms with E-state index in [1.54, 1.807) is 0 Å². The zero-order valence-corrected chi connectivity index (χ0v) is 14.1. The molecule has 0 saturated carbocycles. The first kappa shape index (κ1) is 16.5. The van der Waals surface area contributed by atoms with Crippen LogP contribution in [0.5, 0.6) is 0 Å². The molecule has 2 heterocycles. The number of nitrogens with zero attached hydrogens (tertiary/aromatic N) is 2. The lowest BCUT2D eigenvalue weighted by molar-refractivity contribution is 0.168. The van der Waals surface area contributed by atoms with Gasteiger partial charge in [0, 0.05) is 6.54 Å². The number of furan rings is 1. The molecule has 0 unspecified atom stereocenters. The Bertz CT molecular complexity index is 422. The molecule has 1 aromatic heterocycles. The number of hydrogen-bond acceptors (Lipinski definition) is 4. The van der Waals surface area contributed by atoms with Crippen LogP contribution in [0.25, 0.3) is 0 Å². The first-order valence-electron chi connectivity index (χ1n) is 8.24. The van der Waals surface area contributed by atoms with Gasteiger partial charge in [0.1, 0.15) is 11.5 Å². The van der Waals surface area contributed by atoms with E-state index in [0.29, 0.717) is 0 Å². The number of piperidine rings is 1. The quantitative estimate of drug-likeness (QED) is 0.837. The van der Waals surface area contributed by atoms with Crippen molar-refractivity contribution in [3.63, 3.8) is 0 Å². The Labute approximate surface area is 129 Å². The van der Waals surface area contributed by atoms with Crippen LogP contribution in [-0.4, -0.2) is 50.1 Å². The molecule has 1 saturated heterocycles. The molecule has 1 aliphatic heterocycles. The Hall–Kier alpha value is -0.840. The highest BCUT2D eigenvalue weighted by atomic mass is 16.3. The largest absolute Gasteiger partial charge is 0.463 e. The van der Waals surface area contributed by atoms with Gasteiger partial charge in [0.25, 0.3) is 0 Å². The zero-order chi connectivity index (χ0) is 15.2. The lowest BCUT2D eigenvalue weighted by atomic mass is 9.97. The Morgan fingerprint density at radius 2 is 2.10 bits per heavy atom. The Kier molecular flexibility index (Phi) is 6.27. The summed E-state index contributed by atoms with van der Waals surface area (Å²) in [5.74, 6) is 3.01. The summed E-state index contributed by atoms with van der Waals surface area (Å²) in [5.41, 5.74) is 1.26. The zero-order valence-electron chi connectivity index (χ0n) is 14.1. The van der Waals surface area contributed by atoms with Crippen LogP contribution in [-0.2, 0) is 13.1 Å². The SMILES string of the molecule is CCNCc1oc(CN(C)CC2CCN(C)CC2)cc1C. The minimum absolute atomic E-state index is 0.834. The molecule has 0 radical (unpaired) electrons. The van der Waals surface area contributed by atoms with Crippen molar-refractivity contribution in [1.29, 1.82) is 0 Å². The van der Waals surface area contributed by atoms with Crippen molar-refractivity contribution in [1.82, 2.24) is 15.1 Å². The molecule has 0 bridgehead atoms. The molecule has 0 atom stereocenters. The third-order valence-corrected chi connectivity index (χ3v) is 4.44. The van der Waals surface area contributed by atoms with Gasteiger partial charge in [0.05, 0.1) is 13.1 Å². The minimum atomic E-state index is 0.834. The summed E-state index contributed by atoms with van der Waals surface area (Å²) in [4.78, 5) is 4.84. The fraction of sp³-hybridized carbons (Fsp3) is 0.765. The first-order chi connectivity index (χ1) is 10.1. The van der Waals surface area contributed by atoms with Crippen molar-refractivity contribution in [2.45, 2.75) is 39.8 Å². The summed E-state index contributed by atoms with van der Waals surface area (Å²) < 4.78 is 5.98. The summed E-state index contributed by atoms with van der Waals surface area (Å²) in [7, 11) is 4.43. The molecule has 1 fully saturated rings. The summed E-state index contributed by atoms with van der Waals surface area (Å²) in [6.07, 6.45) is 2.65. The highest BCUT2D eigenvalue weighted by Gasteiger charge is 2.19. The highest BCUT2D eigenvalue weighted by molar-refractivity contribution is 5.20. The van der Waals surface area contributed by atoms with Crippen LogP contribution in [0.15, 0.2) is 10.5 Å². The minimum Gasteiger partial charge on any atom is -0.463 e. The molecule has 0 aromatic carbocycles. The second-order valence-corrected chi connectivity index (χ2v) is 6.54. The average molecular weight is 293 g/mol. The standard InChI is InChI=1S/C17H31N3O/c1-5-18-11-17-14(2)10-16(21-17)13-20(4)12-15-6-8-19(3)9-7-15/h10,15,18H,5-9,11-13H2,1-4H3. The predicted molar refractivity (Wildman–Crippen MR) is 87.4 cm³/mol. The van der Waals surface area contributed by atoms with E-state index >= 15 is 0 Å². The van der Waals surface area contributed by atoms with Gasteiger partial charge in [-0.05, 0) is 71.0 Å². The van der Waals surface area contributed by atoms with Crippen molar-refractivity contribution in [2.75, 3.05) is 40.3 Å². The van der Waals surface area contributed by atoms with Crippen LogP contribution in [0.3, 0.4) is 0 Å². The van der Waals surface area contributed by atoms with Crippen LogP contribution >= 0.6 is 0 Å². The number of nitrogens with one attached hydrogen (secondary N) is 1. The van der Waals surface area contributed by atoms with E-state index in [9.17, 15) is 0 Å². The van der Waals surface area contributed by atoms with E-state index in [2.05, 4.69) is 49.1 Å². The highest BCUT2D eigenvalue weighted by Crippen LogP contribution is 2.19. The third kappa shape index (κ3) is 5.13. The van der Waals surface area contributed by atoms with E-state index < -0.39 is 0 Å². The van der Waals surface area contributed by atoms with Crippen LogP contribution in [0.1, 0.15) is 36.8 Å². The van der Waals surface area contributed by atoms with Crippen molar-refractivity contribution in [3.8, 4) is 0 Å². The Balaban J connectivity index is 1.80. The third-order valence-electron chi connectivity index (χ3n) is 4.44. The number of aryl methyl sites for hydroxylation is 1. The number of hydrogen-bond donors (Lipinski definition) is 1. The molecular formula is C17H31N3O. The maximum atomic E-state index is 5.98.